The second-order valence-electron chi connectivity index (χ2n) is 5.31. The van der Waals surface area contributed by atoms with Gasteiger partial charge < -0.3 is 10.3 Å². The van der Waals surface area contributed by atoms with Gasteiger partial charge in [0.05, 0.1) is 6.20 Å². The highest BCUT2D eigenvalue weighted by Crippen LogP contribution is 2.23. The summed E-state index contributed by atoms with van der Waals surface area (Å²) in [5, 5.41) is 3.52. The van der Waals surface area contributed by atoms with E-state index in [4.69, 9.17) is 0 Å². The number of hydrogen-bond acceptors (Lipinski definition) is 5. The molecule has 20 heavy (non-hydrogen) atoms. The molecule has 0 radical (unpaired) electrons. The van der Waals surface area contributed by atoms with Crippen LogP contribution < -0.4 is 5.32 Å². The van der Waals surface area contributed by atoms with E-state index in [9.17, 15) is 8.42 Å². The van der Waals surface area contributed by atoms with E-state index in [-0.39, 0.29) is 5.03 Å². The molecule has 3 heterocycles. The number of hydrogen-bond donors (Lipinski definition) is 2. The number of piperazine rings is 1. The van der Waals surface area contributed by atoms with Crippen molar-refractivity contribution in [1.29, 1.82) is 0 Å². The number of imidazole rings is 1. The lowest BCUT2D eigenvalue weighted by atomic mass is 10.1. The number of rotatable bonds is 4. The highest BCUT2D eigenvalue weighted by molar-refractivity contribution is 7.89. The Balaban J connectivity index is 1.63. The van der Waals surface area contributed by atoms with Crippen LogP contribution in [0.2, 0.25) is 0 Å². The van der Waals surface area contributed by atoms with Gasteiger partial charge in [-0.1, -0.05) is 6.92 Å². The second-order valence-corrected chi connectivity index (χ2v) is 7.22. The Kier molecular flexibility index (Phi) is 3.80. The summed E-state index contributed by atoms with van der Waals surface area (Å²) in [7, 11) is -3.39. The molecule has 112 valence electrons. The van der Waals surface area contributed by atoms with Gasteiger partial charge in [-0.25, -0.2) is 13.4 Å². The predicted molar refractivity (Wildman–Crippen MR) is 75.0 cm³/mol. The first-order valence-corrected chi connectivity index (χ1v) is 8.54. The molecule has 0 amide bonds. The summed E-state index contributed by atoms with van der Waals surface area (Å²) >= 11 is 0. The molecular formula is C12H21N5O2S. The van der Waals surface area contributed by atoms with Crippen LogP contribution in [0, 0.1) is 0 Å². The molecule has 2 N–H and O–H groups in total. The zero-order valence-corrected chi connectivity index (χ0v) is 12.5. The van der Waals surface area contributed by atoms with Crippen LogP contribution in [0.3, 0.4) is 0 Å². The number of nitrogens with one attached hydrogen (secondary N) is 2. The SMILES string of the molecule is CCc1ncc(S(=O)(=O)N2CC(N3CCNCC3)C2)[nH]1. The topological polar surface area (TPSA) is 81.3 Å². The van der Waals surface area contributed by atoms with Crippen LogP contribution in [0.1, 0.15) is 12.7 Å². The number of aromatic nitrogens is 2. The zero-order valence-electron chi connectivity index (χ0n) is 11.7. The Morgan fingerprint density at radius 2 is 2.05 bits per heavy atom. The van der Waals surface area contributed by atoms with Crippen LogP contribution >= 0.6 is 0 Å². The molecule has 0 unspecified atom stereocenters. The average molecular weight is 299 g/mol. The maximum absolute atomic E-state index is 12.4. The van der Waals surface area contributed by atoms with Crippen molar-refractivity contribution in [3.05, 3.63) is 12.0 Å². The average Bonchev–Trinajstić information content (AvgIpc) is 2.87. The first kappa shape index (κ1) is 14.0. The predicted octanol–water partition coefficient (Wildman–Crippen LogP) is -0.750. The molecular weight excluding hydrogens is 278 g/mol. The largest absolute Gasteiger partial charge is 0.332 e. The van der Waals surface area contributed by atoms with E-state index >= 15 is 0 Å². The molecule has 0 atom stereocenters. The molecule has 3 rings (SSSR count). The van der Waals surface area contributed by atoms with Crippen LogP contribution in [0.25, 0.3) is 0 Å². The van der Waals surface area contributed by atoms with Gasteiger partial charge in [0.25, 0.3) is 10.0 Å². The molecule has 8 heteroatoms. The number of aromatic amines is 1. The summed E-state index contributed by atoms with van der Waals surface area (Å²) in [4.78, 5) is 9.32. The number of aryl methyl sites for hydroxylation is 1. The first-order valence-electron chi connectivity index (χ1n) is 7.10. The van der Waals surface area contributed by atoms with Gasteiger partial charge in [0, 0.05) is 51.7 Å². The van der Waals surface area contributed by atoms with E-state index in [2.05, 4.69) is 20.2 Å². The van der Waals surface area contributed by atoms with Crippen molar-refractivity contribution >= 4 is 10.0 Å². The highest BCUT2D eigenvalue weighted by Gasteiger charge is 2.40. The fraction of sp³-hybridized carbons (Fsp3) is 0.750. The van der Waals surface area contributed by atoms with Crippen molar-refractivity contribution in [1.82, 2.24) is 24.5 Å². The summed E-state index contributed by atoms with van der Waals surface area (Å²) in [6, 6.07) is 0.362. The minimum atomic E-state index is -3.39. The Morgan fingerprint density at radius 1 is 1.35 bits per heavy atom. The third-order valence-electron chi connectivity index (χ3n) is 4.05. The third-order valence-corrected chi connectivity index (χ3v) is 5.80. The van der Waals surface area contributed by atoms with Gasteiger partial charge in [0.2, 0.25) is 0 Å². The van der Waals surface area contributed by atoms with Gasteiger partial charge in [-0.15, -0.1) is 0 Å². The molecule has 0 spiro atoms. The standard InChI is InChI=1S/C12H21N5O2S/c1-2-11-14-7-12(15-11)20(18,19)17-8-10(9-17)16-5-3-13-4-6-16/h7,10,13H,2-6,8-9H2,1H3,(H,14,15). The highest BCUT2D eigenvalue weighted by atomic mass is 32.2. The maximum atomic E-state index is 12.4. The van der Waals surface area contributed by atoms with E-state index in [0.29, 0.717) is 31.4 Å². The zero-order chi connectivity index (χ0) is 14.2. The summed E-state index contributed by atoms with van der Waals surface area (Å²) < 4.78 is 26.3. The van der Waals surface area contributed by atoms with Gasteiger partial charge in [-0.3, -0.25) is 4.90 Å². The first-order chi connectivity index (χ1) is 9.61. The Hall–Kier alpha value is -0.960. The Morgan fingerprint density at radius 3 is 2.65 bits per heavy atom. The minimum absolute atomic E-state index is 0.216. The van der Waals surface area contributed by atoms with E-state index < -0.39 is 10.0 Å². The van der Waals surface area contributed by atoms with Crippen molar-refractivity contribution in [3.63, 3.8) is 0 Å². The van der Waals surface area contributed by atoms with Crippen LogP contribution in [-0.2, 0) is 16.4 Å². The second kappa shape index (κ2) is 5.44. The molecule has 0 saturated carbocycles. The summed E-state index contributed by atoms with van der Waals surface area (Å²) in [5.74, 6) is 0.711. The fourth-order valence-corrected chi connectivity index (χ4v) is 4.13. The lowest BCUT2D eigenvalue weighted by Crippen LogP contribution is -2.63. The molecule has 0 bridgehead atoms. The molecule has 1 aromatic rings. The molecule has 2 aliphatic rings. The van der Waals surface area contributed by atoms with E-state index in [0.717, 1.165) is 26.2 Å². The Bertz CT molecular complexity index is 558. The van der Waals surface area contributed by atoms with Gasteiger partial charge in [0.15, 0.2) is 5.03 Å². The van der Waals surface area contributed by atoms with Gasteiger partial charge in [-0.2, -0.15) is 4.31 Å². The lowest BCUT2D eigenvalue weighted by Gasteiger charge is -2.45. The van der Waals surface area contributed by atoms with Crippen LogP contribution in [-0.4, -0.2) is 72.9 Å². The fourth-order valence-electron chi connectivity index (χ4n) is 2.68. The molecule has 1 aromatic heterocycles. The van der Waals surface area contributed by atoms with Crippen molar-refractivity contribution in [2.24, 2.45) is 0 Å². The van der Waals surface area contributed by atoms with Crippen molar-refractivity contribution in [2.45, 2.75) is 24.4 Å². The number of sulfonamides is 1. The molecule has 2 fully saturated rings. The van der Waals surface area contributed by atoms with Crippen LogP contribution in [0.15, 0.2) is 11.2 Å². The lowest BCUT2D eigenvalue weighted by molar-refractivity contribution is 0.0772. The summed E-state index contributed by atoms with van der Waals surface area (Å²) in [6.45, 7) is 7.10. The van der Waals surface area contributed by atoms with Crippen molar-refractivity contribution in [3.8, 4) is 0 Å². The van der Waals surface area contributed by atoms with E-state index in [1.165, 1.54) is 10.5 Å². The van der Waals surface area contributed by atoms with Crippen LogP contribution in [0.5, 0.6) is 0 Å². The van der Waals surface area contributed by atoms with Gasteiger partial charge in [-0.05, 0) is 0 Å². The molecule has 2 aliphatic heterocycles. The number of H-pyrrole nitrogens is 1. The maximum Gasteiger partial charge on any atom is 0.260 e. The Labute approximate surface area is 119 Å². The quantitative estimate of drug-likeness (QED) is 0.764. The van der Waals surface area contributed by atoms with Crippen molar-refractivity contribution < 1.29 is 8.42 Å². The molecule has 7 nitrogen and oxygen atoms in total. The summed E-state index contributed by atoms with van der Waals surface area (Å²) in [6.07, 6.45) is 2.13. The third kappa shape index (κ3) is 2.48. The smallest absolute Gasteiger partial charge is 0.260 e. The van der Waals surface area contributed by atoms with Gasteiger partial charge >= 0.3 is 0 Å². The minimum Gasteiger partial charge on any atom is -0.332 e. The van der Waals surface area contributed by atoms with E-state index in [1.807, 2.05) is 6.92 Å². The normalized spacial score (nSPS) is 22.9. The van der Waals surface area contributed by atoms with E-state index in [1.54, 1.807) is 0 Å². The van der Waals surface area contributed by atoms with Crippen molar-refractivity contribution in [2.75, 3.05) is 39.3 Å². The van der Waals surface area contributed by atoms with Gasteiger partial charge in [0.1, 0.15) is 5.82 Å². The summed E-state index contributed by atoms with van der Waals surface area (Å²) in [5.41, 5.74) is 0. The van der Waals surface area contributed by atoms with Crippen LogP contribution in [0.4, 0.5) is 0 Å². The number of nitrogens with zero attached hydrogens (tertiary/aromatic N) is 3. The molecule has 0 aliphatic carbocycles. The monoisotopic (exact) mass is 299 g/mol. The molecule has 2 saturated heterocycles. The molecule has 0 aromatic carbocycles.